The molecular weight excluding hydrogens is 280 g/mol. The van der Waals surface area contributed by atoms with Crippen LogP contribution in [-0.4, -0.2) is 23.8 Å². The molecule has 0 fully saturated rings. The van der Waals surface area contributed by atoms with E-state index in [2.05, 4.69) is 15.9 Å². The molecule has 1 unspecified atom stereocenters. The van der Waals surface area contributed by atoms with E-state index in [1.807, 2.05) is 24.3 Å². The third-order valence-electron chi connectivity index (χ3n) is 3.08. The van der Waals surface area contributed by atoms with Gasteiger partial charge in [0.15, 0.2) is 5.78 Å². The highest BCUT2D eigenvalue weighted by molar-refractivity contribution is 9.09. The van der Waals surface area contributed by atoms with Crippen molar-refractivity contribution in [1.82, 2.24) is 0 Å². The zero-order valence-corrected chi connectivity index (χ0v) is 11.4. The third-order valence-corrected chi connectivity index (χ3v) is 3.64. The molecule has 2 nitrogen and oxygen atoms in total. The van der Waals surface area contributed by atoms with Crippen LogP contribution < -0.4 is 0 Å². The van der Waals surface area contributed by atoms with Gasteiger partial charge < -0.3 is 4.74 Å². The fourth-order valence-electron chi connectivity index (χ4n) is 2.14. The lowest BCUT2D eigenvalue weighted by atomic mass is 10.1. The Bertz CT molecular complexity index is 390. The monoisotopic (exact) mass is 296 g/mol. The van der Waals surface area contributed by atoms with Crippen molar-refractivity contribution in [3.05, 3.63) is 35.4 Å². The number of fused-ring (bicyclic) bond motifs is 1. The van der Waals surface area contributed by atoms with Crippen LogP contribution in [0.3, 0.4) is 0 Å². The Morgan fingerprint density at radius 3 is 2.82 bits per heavy atom. The minimum atomic E-state index is -0.239. The van der Waals surface area contributed by atoms with Crippen LogP contribution in [-0.2, 0) is 11.2 Å². The zero-order valence-electron chi connectivity index (χ0n) is 9.82. The zero-order chi connectivity index (χ0) is 12.1. The fraction of sp³-hybridized carbons (Fsp3) is 0.500. The Hall–Kier alpha value is -0.670. The molecule has 3 heteroatoms. The number of rotatable bonds is 6. The molecular formula is C14H17BrO2. The summed E-state index contributed by atoms with van der Waals surface area (Å²) in [7, 11) is 0. The average molecular weight is 297 g/mol. The molecule has 92 valence electrons. The van der Waals surface area contributed by atoms with Crippen LogP contribution in [0.25, 0.3) is 0 Å². The number of halogens is 1. The summed E-state index contributed by atoms with van der Waals surface area (Å²) < 4.78 is 5.68. The number of carbonyl (C=O) groups is 1. The van der Waals surface area contributed by atoms with Crippen molar-refractivity contribution >= 4 is 21.7 Å². The molecule has 0 aliphatic heterocycles. The predicted octanol–water partition coefficient (Wildman–Crippen LogP) is 3.38. The van der Waals surface area contributed by atoms with Gasteiger partial charge in [-0.3, -0.25) is 4.79 Å². The van der Waals surface area contributed by atoms with Gasteiger partial charge in [-0.2, -0.15) is 0 Å². The second-order valence-electron chi connectivity index (χ2n) is 4.33. The van der Waals surface area contributed by atoms with Crippen LogP contribution in [0.4, 0.5) is 0 Å². The van der Waals surface area contributed by atoms with Crippen molar-refractivity contribution in [3.8, 4) is 0 Å². The summed E-state index contributed by atoms with van der Waals surface area (Å²) in [6.07, 6.45) is 3.86. The summed E-state index contributed by atoms with van der Waals surface area (Å²) in [5.74, 6) is 0.154. The van der Waals surface area contributed by atoms with Crippen molar-refractivity contribution in [2.24, 2.45) is 0 Å². The maximum absolute atomic E-state index is 12.0. The maximum atomic E-state index is 12.0. The first kappa shape index (κ1) is 12.8. The number of hydrogen-bond donors (Lipinski definition) is 0. The Labute approximate surface area is 110 Å². The van der Waals surface area contributed by atoms with Crippen molar-refractivity contribution in [2.45, 2.75) is 31.8 Å². The number of carbonyl (C=O) groups excluding carboxylic acids is 1. The largest absolute Gasteiger partial charge is 0.370 e. The lowest BCUT2D eigenvalue weighted by Crippen LogP contribution is -2.20. The Kier molecular flexibility index (Phi) is 4.75. The summed E-state index contributed by atoms with van der Waals surface area (Å²) >= 11 is 3.40. The molecule has 0 aromatic heterocycles. The fourth-order valence-corrected chi connectivity index (χ4v) is 2.53. The molecule has 2 rings (SSSR count). The van der Waals surface area contributed by atoms with Crippen molar-refractivity contribution in [1.29, 1.82) is 0 Å². The van der Waals surface area contributed by atoms with E-state index < -0.39 is 0 Å². The highest BCUT2D eigenvalue weighted by atomic mass is 79.9. The topological polar surface area (TPSA) is 26.3 Å². The molecule has 0 radical (unpaired) electrons. The number of ether oxygens (including phenoxy) is 1. The first-order chi connectivity index (χ1) is 8.33. The summed E-state index contributed by atoms with van der Waals surface area (Å²) in [6, 6.07) is 7.80. The minimum Gasteiger partial charge on any atom is -0.370 e. The molecule has 0 spiro atoms. The number of alkyl halides is 1. The van der Waals surface area contributed by atoms with E-state index in [0.717, 1.165) is 35.7 Å². The lowest BCUT2D eigenvalue weighted by molar-refractivity contribution is 0.0441. The van der Waals surface area contributed by atoms with E-state index in [1.54, 1.807) is 0 Å². The van der Waals surface area contributed by atoms with E-state index in [9.17, 15) is 4.79 Å². The molecule has 0 bridgehead atoms. The molecule has 1 aliphatic rings. The smallest absolute Gasteiger partial charge is 0.192 e. The number of Topliss-reactive ketones (excluding diaryl/α,β-unsaturated/α-hetero) is 1. The summed E-state index contributed by atoms with van der Waals surface area (Å²) in [4.78, 5) is 12.0. The second-order valence-corrected chi connectivity index (χ2v) is 5.13. The summed E-state index contributed by atoms with van der Waals surface area (Å²) in [6.45, 7) is 0.692. The van der Waals surface area contributed by atoms with Crippen LogP contribution in [0.15, 0.2) is 24.3 Å². The quantitative estimate of drug-likeness (QED) is 0.594. The SMILES string of the molecule is O=C1c2ccccc2CC1OCCCCCBr. The van der Waals surface area contributed by atoms with E-state index >= 15 is 0 Å². The van der Waals surface area contributed by atoms with Gasteiger partial charge in [-0.1, -0.05) is 46.6 Å². The number of hydrogen-bond acceptors (Lipinski definition) is 2. The van der Waals surface area contributed by atoms with Gasteiger partial charge in [0.1, 0.15) is 6.10 Å². The minimum absolute atomic E-state index is 0.154. The molecule has 1 aromatic rings. The third kappa shape index (κ3) is 3.17. The Balaban J connectivity index is 1.80. The van der Waals surface area contributed by atoms with Gasteiger partial charge in [-0.25, -0.2) is 0 Å². The molecule has 0 saturated carbocycles. The van der Waals surface area contributed by atoms with Crippen molar-refractivity contribution in [3.63, 3.8) is 0 Å². The Morgan fingerprint density at radius 1 is 1.24 bits per heavy atom. The van der Waals surface area contributed by atoms with Crippen molar-refractivity contribution < 1.29 is 9.53 Å². The van der Waals surface area contributed by atoms with Gasteiger partial charge in [0.2, 0.25) is 0 Å². The molecule has 1 atom stereocenters. The van der Waals surface area contributed by atoms with Crippen LogP contribution in [0, 0.1) is 0 Å². The van der Waals surface area contributed by atoms with Crippen molar-refractivity contribution in [2.75, 3.05) is 11.9 Å². The van der Waals surface area contributed by atoms with Gasteiger partial charge in [-0.15, -0.1) is 0 Å². The number of unbranched alkanes of at least 4 members (excludes halogenated alkanes) is 2. The molecule has 1 aliphatic carbocycles. The molecule has 0 heterocycles. The summed E-state index contributed by atoms with van der Waals surface area (Å²) in [5.41, 5.74) is 1.97. The Morgan fingerprint density at radius 2 is 2.06 bits per heavy atom. The first-order valence-electron chi connectivity index (χ1n) is 6.12. The highest BCUT2D eigenvalue weighted by Gasteiger charge is 2.30. The van der Waals surface area contributed by atoms with Crippen LogP contribution in [0.1, 0.15) is 35.2 Å². The van der Waals surface area contributed by atoms with E-state index in [0.29, 0.717) is 6.61 Å². The number of benzene rings is 1. The van der Waals surface area contributed by atoms with Gasteiger partial charge in [0.05, 0.1) is 0 Å². The van der Waals surface area contributed by atoms with E-state index in [1.165, 1.54) is 6.42 Å². The van der Waals surface area contributed by atoms with Crippen LogP contribution >= 0.6 is 15.9 Å². The molecule has 17 heavy (non-hydrogen) atoms. The van der Waals surface area contributed by atoms with E-state index in [-0.39, 0.29) is 11.9 Å². The molecule has 1 aromatic carbocycles. The first-order valence-corrected chi connectivity index (χ1v) is 7.25. The lowest BCUT2D eigenvalue weighted by Gasteiger charge is -2.09. The summed E-state index contributed by atoms with van der Waals surface area (Å²) in [5, 5.41) is 1.04. The average Bonchev–Trinajstić information content (AvgIpc) is 2.67. The standard InChI is InChI=1S/C14H17BrO2/c15-8-4-1-5-9-17-13-10-11-6-2-3-7-12(11)14(13)16/h2-3,6-7,13H,1,4-5,8-10H2. The van der Waals surface area contributed by atoms with Gasteiger partial charge in [0, 0.05) is 23.9 Å². The highest BCUT2D eigenvalue weighted by Crippen LogP contribution is 2.24. The van der Waals surface area contributed by atoms with E-state index in [4.69, 9.17) is 4.74 Å². The molecule has 0 N–H and O–H groups in total. The van der Waals surface area contributed by atoms with Crippen LogP contribution in [0.2, 0.25) is 0 Å². The number of ketones is 1. The second kappa shape index (κ2) is 6.31. The van der Waals surface area contributed by atoms with Crippen LogP contribution in [0.5, 0.6) is 0 Å². The molecule has 0 amide bonds. The van der Waals surface area contributed by atoms with Gasteiger partial charge in [0.25, 0.3) is 0 Å². The molecule has 0 saturated heterocycles. The normalized spacial score (nSPS) is 18.4. The maximum Gasteiger partial charge on any atom is 0.192 e. The predicted molar refractivity (Wildman–Crippen MR) is 71.9 cm³/mol. The van der Waals surface area contributed by atoms with Gasteiger partial charge in [-0.05, 0) is 18.4 Å². The van der Waals surface area contributed by atoms with Gasteiger partial charge >= 0.3 is 0 Å².